The van der Waals surface area contributed by atoms with Crippen molar-refractivity contribution in [3.63, 3.8) is 0 Å². The highest BCUT2D eigenvalue weighted by molar-refractivity contribution is 14.1. The number of nitriles is 1. The zero-order valence-electron chi connectivity index (χ0n) is 13.3. The summed E-state index contributed by atoms with van der Waals surface area (Å²) in [5.41, 5.74) is 2.01. The van der Waals surface area contributed by atoms with E-state index in [9.17, 15) is 14.9 Å². The maximum Gasteiger partial charge on any atom is 0.338 e. The van der Waals surface area contributed by atoms with Gasteiger partial charge in [0.1, 0.15) is 11.1 Å². The van der Waals surface area contributed by atoms with E-state index in [4.69, 9.17) is 4.74 Å². The van der Waals surface area contributed by atoms with Crippen LogP contribution in [0.25, 0.3) is 0 Å². The number of carbonyl (C=O) groups excluding carboxylic acids is 2. The molecule has 1 aromatic carbocycles. The van der Waals surface area contributed by atoms with Gasteiger partial charge in [-0.05, 0) is 78.1 Å². The zero-order valence-corrected chi connectivity index (χ0v) is 16.3. The highest BCUT2D eigenvalue weighted by atomic mass is 127. The molecule has 7 heteroatoms. The van der Waals surface area contributed by atoms with Crippen molar-refractivity contribution in [2.75, 3.05) is 11.9 Å². The molecular formula is C18H15IN2O3S. The number of carbonyl (C=O) groups is 2. The van der Waals surface area contributed by atoms with Gasteiger partial charge in [0.2, 0.25) is 0 Å². The number of anilines is 1. The number of esters is 1. The second-order valence-corrected chi connectivity index (χ2v) is 8.01. The Labute approximate surface area is 163 Å². The van der Waals surface area contributed by atoms with E-state index in [2.05, 4.69) is 34.0 Å². The average molecular weight is 466 g/mol. The quantitative estimate of drug-likeness (QED) is 0.548. The molecule has 3 rings (SSSR count). The van der Waals surface area contributed by atoms with Gasteiger partial charge in [-0.3, -0.25) is 4.79 Å². The van der Waals surface area contributed by atoms with Crippen LogP contribution in [-0.2, 0) is 22.4 Å². The Morgan fingerprint density at radius 3 is 2.68 bits per heavy atom. The molecule has 1 heterocycles. The molecule has 0 saturated carbocycles. The Morgan fingerprint density at radius 1 is 1.24 bits per heavy atom. The standard InChI is InChI=1S/C18H15IN2O3S/c19-12-7-5-11(6-8-12)18(23)24-10-16(22)21-17-14(9-20)13-3-1-2-4-15(13)25-17/h5-8H,1-4,10H2,(H,21,22). The minimum Gasteiger partial charge on any atom is -0.452 e. The van der Waals surface area contributed by atoms with Crippen molar-refractivity contribution < 1.29 is 14.3 Å². The van der Waals surface area contributed by atoms with Crippen molar-refractivity contribution in [2.45, 2.75) is 25.7 Å². The van der Waals surface area contributed by atoms with Crippen LogP contribution in [0.15, 0.2) is 24.3 Å². The second-order valence-electron chi connectivity index (χ2n) is 5.66. The van der Waals surface area contributed by atoms with Crippen LogP contribution in [0.1, 0.15) is 39.2 Å². The van der Waals surface area contributed by atoms with Gasteiger partial charge in [-0.2, -0.15) is 5.26 Å². The van der Waals surface area contributed by atoms with Crippen molar-refractivity contribution in [3.8, 4) is 6.07 Å². The number of thiophene rings is 1. The first-order valence-electron chi connectivity index (χ1n) is 7.85. The van der Waals surface area contributed by atoms with Gasteiger partial charge >= 0.3 is 5.97 Å². The molecule has 0 aliphatic heterocycles. The van der Waals surface area contributed by atoms with Gasteiger partial charge in [0.15, 0.2) is 6.61 Å². The van der Waals surface area contributed by atoms with Crippen LogP contribution in [-0.4, -0.2) is 18.5 Å². The Bertz CT molecular complexity index is 852. The van der Waals surface area contributed by atoms with E-state index in [1.165, 1.54) is 16.2 Å². The van der Waals surface area contributed by atoms with Crippen LogP contribution < -0.4 is 5.32 Å². The number of aryl methyl sites for hydroxylation is 1. The van der Waals surface area contributed by atoms with Gasteiger partial charge < -0.3 is 10.1 Å². The van der Waals surface area contributed by atoms with Gasteiger partial charge in [-0.1, -0.05) is 0 Å². The van der Waals surface area contributed by atoms with Crippen molar-refractivity contribution in [3.05, 3.63) is 49.4 Å². The molecule has 0 radical (unpaired) electrons. The third-order valence-corrected chi connectivity index (χ3v) is 5.88. The number of rotatable bonds is 4. The van der Waals surface area contributed by atoms with E-state index in [0.717, 1.165) is 34.8 Å². The second kappa shape index (κ2) is 7.97. The van der Waals surface area contributed by atoms with Gasteiger partial charge in [0, 0.05) is 8.45 Å². The SMILES string of the molecule is N#Cc1c(NC(=O)COC(=O)c2ccc(I)cc2)sc2c1CCCC2. The Kier molecular flexibility index (Phi) is 5.71. The lowest BCUT2D eigenvalue weighted by molar-refractivity contribution is -0.119. The summed E-state index contributed by atoms with van der Waals surface area (Å²) in [5, 5.41) is 12.7. The molecule has 1 aliphatic rings. The first-order valence-corrected chi connectivity index (χ1v) is 9.75. The van der Waals surface area contributed by atoms with Crippen LogP contribution >= 0.6 is 33.9 Å². The number of amides is 1. The normalized spacial score (nSPS) is 12.8. The summed E-state index contributed by atoms with van der Waals surface area (Å²) < 4.78 is 6.06. The van der Waals surface area contributed by atoms with Crippen LogP contribution in [0.2, 0.25) is 0 Å². The molecule has 0 spiro atoms. The average Bonchev–Trinajstić information content (AvgIpc) is 2.97. The maximum atomic E-state index is 12.1. The summed E-state index contributed by atoms with van der Waals surface area (Å²) in [6, 6.07) is 9.10. The number of fused-ring (bicyclic) bond motifs is 1. The molecule has 1 aromatic heterocycles. The van der Waals surface area contributed by atoms with Crippen molar-refractivity contribution in [1.29, 1.82) is 5.26 Å². The Morgan fingerprint density at radius 2 is 1.96 bits per heavy atom. The fourth-order valence-electron chi connectivity index (χ4n) is 2.74. The third-order valence-electron chi connectivity index (χ3n) is 3.95. The Balaban J connectivity index is 1.61. The number of hydrogen-bond acceptors (Lipinski definition) is 5. The fourth-order valence-corrected chi connectivity index (χ4v) is 4.35. The molecule has 1 N–H and O–H groups in total. The number of hydrogen-bond donors (Lipinski definition) is 1. The fraction of sp³-hybridized carbons (Fsp3) is 0.278. The first kappa shape index (κ1) is 17.9. The highest BCUT2D eigenvalue weighted by Gasteiger charge is 2.22. The van der Waals surface area contributed by atoms with Crippen LogP contribution in [0, 0.1) is 14.9 Å². The summed E-state index contributed by atoms with van der Waals surface area (Å²) in [7, 11) is 0. The summed E-state index contributed by atoms with van der Waals surface area (Å²) in [4.78, 5) is 25.2. The molecule has 25 heavy (non-hydrogen) atoms. The summed E-state index contributed by atoms with van der Waals surface area (Å²) in [6.45, 7) is -0.377. The van der Waals surface area contributed by atoms with Gasteiger partial charge in [-0.25, -0.2) is 4.79 Å². The van der Waals surface area contributed by atoms with Gasteiger partial charge in [0.05, 0.1) is 11.1 Å². The minimum absolute atomic E-state index is 0.377. The molecule has 0 unspecified atom stereocenters. The molecule has 0 fully saturated rings. The molecule has 1 aliphatic carbocycles. The van der Waals surface area contributed by atoms with Gasteiger partial charge in [0.25, 0.3) is 5.91 Å². The zero-order chi connectivity index (χ0) is 17.8. The van der Waals surface area contributed by atoms with Crippen molar-refractivity contribution in [2.24, 2.45) is 0 Å². The lowest BCUT2D eigenvalue weighted by atomic mass is 9.96. The van der Waals surface area contributed by atoms with E-state index >= 15 is 0 Å². The molecule has 0 bridgehead atoms. The van der Waals surface area contributed by atoms with Crippen molar-refractivity contribution >= 4 is 50.8 Å². The van der Waals surface area contributed by atoms with Crippen LogP contribution in [0.3, 0.4) is 0 Å². The van der Waals surface area contributed by atoms with E-state index in [-0.39, 0.29) is 6.61 Å². The molecule has 1 amide bonds. The number of nitrogens with one attached hydrogen (secondary N) is 1. The Hall–Kier alpha value is -1.92. The smallest absolute Gasteiger partial charge is 0.338 e. The largest absolute Gasteiger partial charge is 0.452 e. The summed E-state index contributed by atoms with van der Waals surface area (Å²) in [6.07, 6.45) is 4.01. The lowest BCUT2D eigenvalue weighted by Gasteiger charge is -2.09. The predicted octanol–water partition coefficient (Wildman–Crippen LogP) is 3.90. The third kappa shape index (κ3) is 4.19. The van der Waals surface area contributed by atoms with Gasteiger partial charge in [-0.15, -0.1) is 11.3 Å². The number of ether oxygens (including phenoxy) is 1. The summed E-state index contributed by atoms with van der Waals surface area (Å²) in [5.74, 6) is -0.980. The van der Waals surface area contributed by atoms with Crippen molar-refractivity contribution in [1.82, 2.24) is 0 Å². The minimum atomic E-state index is -0.544. The van der Waals surface area contributed by atoms with Crippen LogP contribution in [0.5, 0.6) is 0 Å². The van der Waals surface area contributed by atoms with E-state index < -0.39 is 11.9 Å². The monoisotopic (exact) mass is 466 g/mol. The van der Waals surface area contributed by atoms with E-state index in [1.54, 1.807) is 24.3 Å². The molecular weight excluding hydrogens is 451 g/mol. The van der Waals surface area contributed by atoms with E-state index in [1.807, 2.05) is 0 Å². The number of halogens is 1. The molecule has 0 saturated heterocycles. The number of nitrogens with zero attached hydrogens (tertiary/aromatic N) is 1. The number of benzene rings is 1. The molecule has 5 nitrogen and oxygen atoms in total. The lowest BCUT2D eigenvalue weighted by Crippen LogP contribution is -2.20. The predicted molar refractivity (Wildman–Crippen MR) is 104 cm³/mol. The molecule has 2 aromatic rings. The topological polar surface area (TPSA) is 79.2 Å². The first-order chi connectivity index (χ1) is 12.1. The molecule has 128 valence electrons. The van der Waals surface area contributed by atoms with E-state index in [0.29, 0.717) is 16.1 Å². The van der Waals surface area contributed by atoms with Crippen LogP contribution in [0.4, 0.5) is 5.00 Å². The highest BCUT2D eigenvalue weighted by Crippen LogP contribution is 2.37. The summed E-state index contributed by atoms with van der Waals surface area (Å²) >= 11 is 3.60. The maximum absolute atomic E-state index is 12.1. The molecule has 0 atom stereocenters.